The molecule has 2 aromatic heterocycles. The third-order valence-corrected chi connectivity index (χ3v) is 7.14. The van der Waals surface area contributed by atoms with Crippen molar-refractivity contribution in [1.29, 1.82) is 0 Å². The quantitative estimate of drug-likeness (QED) is 0.552. The molecule has 0 radical (unpaired) electrons. The number of allylic oxidation sites excluding steroid dienone is 1. The minimum atomic E-state index is -0.575. The van der Waals surface area contributed by atoms with Crippen molar-refractivity contribution in [1.82, 2.24) is 4.57 Å². The van der Waals surface area contributed by atoms with Gasteiger partial charge in [-0.3, -0.25) is 9.36 Å². The molecule has 1 aliphatic heterocycles. The highest BCUT2D eigenvalue weighted by molar-refractivity contribution is 9.10. The zero-order chi connectivity index (χ0) is 21.4. The molecule has 0 fully saturated rings. The van der Waals surface area contributed by atoms with E-state index in [1.54, 1.807) is 42.7 Å². The van der Waals surface area contributed by atoms with Crippen molar-refractivity contribution in [2.45, 2.75) is 19.9 Å². The number of halogens is 1. The van der Waals surface area contributed by atoms with Gasteiger partial charge in [0.25, 0.3) is 5.56 Å². The summed E-state index contributed by atoms with van der Waals surface area (Å²) >= 11 is 6.04. The summed E-state index contributed by atoms with van der Waals surface area (Å²) in [5.41, 5.74) is 1.47. The number of carbonyl (C=O) groups is 1. The number of thiazole rings is 1. The molecule has 4 rings (SSSR count). The minimum Gasteiger partial charge on any atom is -0.507 e. The molecule has 0 saturated carbocycles. The lowest BCUT2D eigenvalue weighted by molar-refractivity contribution is -0.139. The highest BCUT2D eigenvalue weighted by atomic mass is 79.9. The Balaban J connectivity index is 1.93. The second kappa shape index (κ2) is 8.33. The van der Waals surface area contributed by atoms with Gasteiger partial charge in [0.1, 0.15) is 11.8 Å². The maximum Gasteiger partial charge on any atom is 0.338 e. The fraction of sp³-hybridized carbons (Fsp3) is 0.190. The largest absolute Gasteiger partial charge is 0.507 e. The first-order valence-electron chi connectivity index (χ1n) is 9.12. The first-order chi connectivity index (χ1) is 14.4. The van der Waals surface area contributed by atoms with E-state index in [1.165, 1.54) is 22.7 Å². The Hall–Kier alpha value is -2.49. The normalized spacial score (nSPS) is 16.4. The van der Waals surface area contributed by atoms with Gasteiger partial charge in [0.2, 0.25) is 0 Å². The van der Waals surface area contributed by atoms with E-state index in [1.807, 2.05) is 17.5 Å². The third-order valence-electron chi connectivity index (χ3n) is 4.60. The second-order valence-electron chi connectivity index (χ2n) is 6.53. The molecule has 1 atom stereocenters. The summed E-state index contributed by atoms with van der Waals surface area (Å²) in [5, 5.41) is 11.6. The first kappa shape index (κ1) is 20.8. The van der Waals surface area contributed by atoms with E-state index in [2.05, 4.69) is 20.9 Å². The lowest BCUT2D eigenvalue weighted by Gasteiger charge is -2.23. The predicted octanol–water partition coefficient (Wildman–Crippen LogP) is 3.33. The van der Waals surface area contributed by atoms with Gasteiger partial charge in [-0.15, -0.1) is 11.3 Å². The van der Waals surface area contributed by atoms with Crippen molar-refractivity contribution in [3.63, 3.8) is 0 Å². The van der Waals surface area contributed by atoms with E-state index in [9.17, 15) is 14.7 Å². The second-order valence-corrected chi connectivity index (χ2v) is 9.37. The van der Waals surface area contributed by atoms with Gasteiger partial charge in [0.15, 0.2) is 4.80 Å². The molecule has 0 spiro atoms. The summed E-state index contributed by atoms with van der Waals surface area (Å²) in [5.74, 6) is -0.338. The number of hydrogen-bond acceptors (Lipinski definition) is 7. The minimum absolute atomic E-state index is 0.126. The van der Waals surface area contributed by atoms with Crippen LogP contribution >= 0.6 is 38.6 Å². The number of thiophene rings is 1. The molecular weight excluding hydrogens is 488 g/mol. The van der Waals surface area contributed by atoms with Crippen LogP contribution in [0.5, 0.6) is 5.75 Å². The molecule has 0 aliphatic carbocycles. The molecule has 3 aromatic rings. The molecule has 1 N–H and O–H groups in total. The van der Waals surface area contributed by atoms with Gasteiger partial charge in [-0.2, -0.15) is 0 Å². The van der Waals surface area contributed by atoms with Gasteiger partial charge in [0.05, 0.1) is 26.9 Å². The number of esters is 1. The number of rotatable bonds is 4. The zero-order valence-electron chi connectivity index (χ0n) is 16.1. The van der Waals surface area contributed by atoms with Gasteiger partial charge in [0, 0.05) is 4.88 Å². The topological polar surface area (TPSA) is 80.9 Å². The average Bonchev–Trinajstić information content (AvgIpc) is 3.33. The van der Waals surface area contributed by atoms with E-state index in [4.69, 9.17) is 4.74 Å². The van der Waals surface area contributed by atoms with Crippen LogP contribution in [-0.2, 0) is 9.53 Å². The summed E-state index contributed by atoms with van der Waals surface area (Å²) in [6, 6.07) is 8.24. The van der Waals surface area contributed by atoms with Crippen LogP contribution in [0.4, 0.5) is 0 Å². The average molecular weight is 505 g/mol. The number of carbonyl (C=O) groups excluding carboxylic acids is 1. The van der Waals surface area contributed by atoms with E-state index < -0.39 is 12.0 Å². The van der Waals surface area contributed by atoms with E-state index >= 15 is 0 Å². The summed E-state index contributed by atoms with van der Waals surface area (Å²) in [6.07, 6.45) is 1.75. The van der Waals surface area contributed by atoms with Crippen molar-refractivity contribution >= 4 is 50.6 Å². The molecule has 3 heterocycles. The Kier molecular flexibility index (Phi) is 5.77. The lowest BCUT2D eigenvalue weighted by Crippen LogP contribution is -2.39. The highest BCUT2D eigenvalue weighted by Crippen LogP contribution is 2.33. The molecule has 6 nitrogen and oxygen atoms in total. The molecule has 9 heteroatoms. The number of aromatic nitrogens is 1. The maximum absolute atomic E-state index is 13.4. The van der Waals surface area contributed by atoms with Crippen LogP contribution in [0.15, 0.2) is 61.2 Å². The number of ether oxygens (including phenoxy) is 1. The summed E-state index contributed by atoms with van der Waals surface area (Å²) in [7, 11) is 0. The van der Waals surface area contributed by atoms with Crippen LogP contribution in [0.3, 0.4) is 0 Å². The van der Waals surface area contributed by atoms with Gasteiger partial charge < -0.3 is 9.84 Å². The van der Waals surface area contributed by atoms with Crippen molar-refractivity contribution in [3.8, 4) is 5.75 Å². The highest BCUT2D eigenvalue weighted by Gasteiger charge is 2.33. The Morgan fingerprint density at radius 3 is 2.87 bits per heavy atom. The van der Waals surface area contributed by atoms with Crippen LogP contribution in [-0.4, -0.2) is 22.2 Å². The summed E-state index contributed by atoms with van der Waals surface area (Å²) < 4.78 is 7.86. The molecule has 0 saturated heterocycles. The van der Waals surface area contributed by atoms with Gasteiger partial charge in [-0.1, -0.05) is 23.5 Å². The summed E-state index contributed by atoms with van der Waals surface area (Å²) in [6.45, 7) is 3.76. The summed E-state index contributed by atoms with van der Waals surface area (Å²) in [4.78, 5) is 32.0. The van der Waals surface area contributed by atoms with Crippen LogP contribution < -0.4 is 14.9 Å². The number of benzene rings is 1. The zero-order valence-corrected chi connectivity index (χ0v) is 19.3. The van der Waals surface area contributed by atoms with Crippen LogP contribution in [0.25, 0.3) is 6.08 Å². The van der Waals surface area contributed by atoms with Crippen LogP contribution in [0, 0.1) is 0 Å². The smallest absolute Gasteiger partial charge is 0.338 e. The SMILES string of the molecule is CCOC(=O)C1=C(C)N=c2s/c(=C\c3ccc(O)c(Br)c3)c(=O)n2C1c1cccs1. The number of aromatic hydroxyl groups is 1. The monoisotopic (exact) mass is 504 g/mol. The van der Waals surface area contributed by atoms with Gasteiger partial charge >= 0.3 is 5.97 Å². The third kappa shape index (κ3) is 3.68. The van der Waals surface area contributed by atoms with E-state index in [0.717, 1.165) is 10.4 Å². The Morgan fingerprint density at radius 1 is 1.40 bits per heavy atom. The Morgan fingerprint density at radius 2 is 2.20 bits per heavy atom. The standard InChI is InChI=1S/C21H17BrN2O4S2/c1-3-28-20(27)17-11(2)23-21-24(18(17)15-5-4-8-29-15)19(26)16(30-21)10-12-6-7-14(25)13(22)9-12/h4-10,18,25H,3H2,1-2H3/b16-10-. The molecule has 0 bridgehead atoms. The van der Waals surface area contributed by atoms with Crippen molar-refractivity contribution in [2.75, 3.05) is 6.61 Å². The number of fused-ring (bicyclic) bond motifs is 1. The Labute approximate surface area is 188 Å². The van der Waals surface area contributed by atoms with Crippen molar-refractivity contribution in [2.24, 2.45) is 4.99 Å². The van der Waals surface area contributed by atoms with Crippen LogP contribution in [0.2, 0.25) is 0 Å². The number of hydrogen-bond donors (Lipinski definition) is 1. The predicted molar refractivity (Wildman–Crippen MR) is 121 cm³/mol. The fourth-order valence-electron chi connectivity index (χ4n) is 3.27. The Bertz CT molecular complexity index is 1340. The molecular formula is C21H17BrN2O4S2. The molecule has 154 valence electrons. The number of phenolic OH excluding ortho intramolecular Hbond substituents is 1. The molecule has 1 aliphatic rings. The van der Waals surface area contributed by atoms with Crippen molar-refractivity contribution in [3.05, 3.63) is 81.6 Å². The van der Waals surface area contributed by atoms with E-state index in [-0.39, 0.29) is 17.9 Å². The molecule has 1 unspecified atom stereocenters. The van der Waals surface area contributed by atoms with Gasteiger partial charge in [-0.25, -0.2) is 9.79 Å². The number of nitrogens with zero attached hydrogens (tertiary/aromatic N) is 2. The number of phenols is 1. The van der Waals surface area contributed by atoms with Gasteiger partial charge in [-0.05, 0) is 65.0 Å². The molecule has 1 aromatic carbocycles. The fourth-order valence-corrected chi connectivity index (χ4v) is 5.54. The molecule has 0 amide bonds. The van der Waals surface area contributed by atoms with E-state index in [0.29, 0.717) is 25.1 Å². The van der Waals surface area contributed by atoms with Crippen molar-refractivity contribution < 1.29 is 14.6 Å². The lowest BCUT2D eigenvalue weighted by atomic mass is 10.0. The first-order valence-corrected chi connectivity index (χ1v) is 11.6. The molecule has 30 heavy (non-hydrogen) atoms. The van der Waals surface area contributed by atoms with Crippen LogP contribution in [0.1, 0.15) is 30.3 Å². The maximum atomic E-state index is 13.4.